The van der Waals surface area contributed by atoms with Gasteiger partial charge in [-0.3, -0.25) is 0 Å². The second-order valence-corrected chi connectivity index (χ2v) is 7.13. The maximum atomic E-state index is 12.7. The molecule has 6 nitrogen and oxygen atoms in total. The van der Waals surface area contributed by atoms with Crippen LogP contribution < -0.4 is 14.8 Å². The van der Waals surface area contributed by atoms with Crippen molar-refractivity contribution in [2.24, 2.45) is 0 Å². The Balaban J connectivity index is 1.76. The zero-order valence-corrected chi connectivity index (χ0v) is 16.1. The van der Waals surface area contributed by atoms with Crippen LogP contribution in [0.5, 0.6) is 11.6 Å². The molecule has 0 aliphatic carbocycles. The second-order valence-electron chi connectivity index (χ2n) is 6.74. The van der Waals surface area contributed by atoms with Crippen molar-refractivity contribution >= 4 is 11.6 Å². The number of nitrogens with zero attached hydrogens (tertiary/aromatic N) is 2. The van der Waals surface area contributed by atoms with Crippen LogP contribution in [0.25, 0.3) is 0 Å². The highest BCUT2D eigenvalue weighted by molar-refractivity contribution is 6.29. The summed E-state index contributed by atoms with van der Waals surface area (Å²) in [4.78, 5) is 0. The largest absolute Gasteiger partial charge is 0.491 e. The number of aliphatic hydroxyl groups is 1. The number of aromatic nitrogens is 2. The van der Waals surface area contributed by atoms with Gasteiger partial charge >= 0.3 is 6.18 Å². The molecule has 0 radical (unpaired) electrons. The predicted octanol–water partition coefficient (Wildman–Crippen LogP) is 3.34. The van der Waals surface area contributed by atoms with Crippen LogP contribution in [0.1, 0.15) is 19.4 Å². The minimum atomic E-state index is -4.45. The smallest absolute Gasteiger partial charge is 0.416 e. The lowest BCUT2D eigenvalue weighted by Crippen LogP contribution is -2.48. The van der Waals surface area contributed by atoms with Gasteiger partial charge in [-0.05, 0) is 38.1 Å². The molecular formula is C18H21ClF3N3O3. The number of alkyl halides is 3. The van der Waals surface area contributed by atoms with E-state index < -0.39 is 23.4 Å². The van der Waals surface area contributed by atoms with Gasteiger partial charge in [-0.15, -0.1) is 10.2 Å². The molecule has 0 amide bonds. The molecule has 1 atom stereocenters. The van der Waals surface area contributed by atoms with Crippen molar-refractivity contribution in [2.45, 2.75) is 31.7 Å². The van der Waals surface area contributed by atoms with Crippen LogP contribution in [0.4, 0.5) is 13.2 Å². The molecule has 0 spiro atoms. The highest BCUT2D eigenvalue weighted by Crippen LogP contribution is 2.31. The molecule has 154 valence electrons. The molecule has 0 saturated carbocycles. The molecule has 0 fully saturated rings. The van der Waals surface area contributed by atoms with E-state index in [1.54, 1.807) is 12.1 Å². The first-order chi connectivity index (χ1) is 13.0. The lowest BCUT2D eigenvalue weighted by Gasteiger charge is -2.27. The summed E-state index contributed by atoms with van der Waals surface area (Å²) in [5, 5.41) is 20.8. The predicted molar refractivity (Wildman–Crippen MR) is 97.6 cm³/mol. The highest BCUT2D eigenvalue weighted by Gasteiger charge is 2.30. The average molecular weight is 420 g/mol. The van der Waals surface area contributed by atoms with Crippen LogP contribution in [-0.4, -0.2) is 46.7 Å². The quantitative estimate of drug-likeness (QED) is 0.649. The molecule has 0 aliphatic rings. The van der Waals surface area contributed by atoms with Crippen molar-refractivity contribution in [3.05, 3.63) is 47.1 Å². The molecule has 2 aromatic rings. The van der Waals surface area contributed by atoms with Crippen molar-refractivity contribution < 1.29 is 27.8 Å². The van der Waals surface area contributed by atoms with Crippen molar-refractivity contribution in [2.75, 3.05) is 19.8 Å². The van der Waals surface area contributed by atoms with Gasteiger partial charge in [0.25, 0.3) is 0 Å². The Hall–Kier alpha value is -2.10. The minimum Gasteiger partial charge on any atom is -0.491 e. The van der Waals surface area contributed by atoms with Crippen LogP contribution in [-0.2, 0) is 6.18 Å². The molecule has 28 heavy (non-hydrogen) atoms. The van der Waals surface area contributed by atoms with Crippen LogP contribution >= 0.6 is 11.6 Å². The molecule has 0 bridgehead atoms. The summed E-state index contributed by atoms with van der Waals surface area (Å²) >= 11 is 5.65. The first-order valence-electron chi connectivity index (χ1n) is 8.40. The Bertz CT molecular complexity index is 758. The molecule has 0 aliphatic heterocycles. The summed E-state index contributed by atoms with van der Waals surface area (Å²) < 4.78 is 48.9. The third-order valence-electron chi connectivity index (χ3n) is 3.61. The number of aliphatic hydroxyl groups excluding tert-OH is 1. The number of halogens is 4. The van der Waals surface area contributed by atoms with Crippen LogP contribution in [0, 0.1) is 0 Å². The zero-order valence-electron chi connectivity index (χ0n) is 15.3. The third kappa shape index (κ3) is 7.49. The summed E-state index contributed by atoms with van der Waals surface area (Å²) in [5.41, 5.74) is -1.32. The number of β-amino-alcohol motifs (C(OH)–C–C–N with tert-alkyl or cyclic N) is 1. The van der Waals surface area contributed by atoms with E-state index in [9.17, 15) is 18.3 Å². The van der Waals surface area contributed by atoms with Crippen LogP contribution in [0.2, 0.25) is 5.15 Å². The van der Waals surface area contributed by atoms with Gasteiger partial charge in [0.2, 0.25) is 5.88 Å². The van der Waals surface area contributed by atoms with Gasteiger partial charge in [0.05, 0.1) is 5.56 Å². The number of ether oxygens (including phenoxy) is 2. The maximum absolute atomic E-state index is 12.7. The topological polar surface area (TPSA) is 76.5 Å². The molecule has 1 unspecified atom stereocenters. The molecule has 1 aromatic carbocycles. The standard InChI is InChI=1S/C18H21ClF3N3O3/c1-17(2,11-28-16-7-6-15(19)24-25-16)23-9-13(26)10-27-14-5-3-4-12(8-14)18(20,21)22/h3-8,13,23,26H,9-11H2,1-2H3. The zero-order chi connectivity index (χ0) is 20.8. The average Bonchev–Trinajstić information content (AvgIpc) is 2.64. The van der Waals surface area contributed by atoms with Gasteiger partial charge in [-0.1, -0.05) is 17.7 Å². The molecule has 2 rings (SSSR count). The Morgan fingerprint density at radius 3 is 2.54 bits per heavy atom. The van der Waals surface area contributed by atoms with Crippen molar-refractivity contribution in [1.82, 2.24) is 15.5 Å². The maximum Gasteiger partial charge on any atom is 0.416 e. The van der Waals surface area contributed by atoms with E-state index in [1.165, 1.54) is 12.1 Å². The second kappa shape index (κ2) is 9.40. The Morgan fingerprint density at radius 1 is 1.14 bits per heavy atom. The van der Waals surface area contributed by atoms with E-state index in [0.29, 0.717) is 5.88 Å². The van der Waals surface area contributed by atoms with Crippen molar-refractivity contribution in [3.8, 4) is 11.6 Å². The number of nitrogens with one attached hydrogen (secondary N) is 1. The van der Waals surface area contributed by atoms with Crippen molar-refractivity contribution in [3.63, 3.8) is 0 Å². The van der Waals surface area contributed by atoms with E-state index in [0.717, 1.165) is 12.1 Å². The van der Waals surface area contributed by atoms with E-state index in [4.69, 9.17) is 21.1 Å². The molecule has 2 N–H and O–H groups in total. The van der Waals surface area contributed by atoms with Gasteiger partial charge in [0.1, 0.15) is 25.1 Å². The number of rotatable bonds is 9. The van der Waals surface area contributed by atoms with Gasteiger partial charge in [-0.2, -0.15) is 13.2 Å². The lowest BCUT2D eigenvalue weighted by molar-refractivity contribution is -0.137. The molecular weight excluding hydrogens is 399 g/mol. The minimum absolute atomic E-state index is 0.0396. The van der Waals surface area contributed by atoms with E-state index in [2.05, 4.69) is 15.5 Å². The Kier molecular flexibility index (Phi) is 7.45. The first kappa shape index (κ1) is 22.2. The van der Waals surface area contributed by atoms with Gasteiger partial charge < -0.3 is 19.9 Å². The van der Waals surface area contributed by atoms with E-state index in [-0.39, 0.29) is 30.7 Å². The SMILES string of the molecule is CC(C)(COc1ccc(Cl)nn1)NCC(O)COc1cccc(C(F)(F)F)c1. The fourth-order valence-corrected chi connectivity index (χ4v) is 2.19. The monoisotopic (exact) mass is 419 g/mol. The van der Waals surface area contributed by atoms with Crippen molar-refractivity contribution in [1.29, 1.82) is 0 Å². The molecule has 10 heteroatoms. The summed E-state index contributed by atoms with van der Waals surface area (Å²) in [7, 11) is 0. The fourth-order valence-electron chi connectivity index (χ4n) is 2.09. The summed E-state index contributed by atoms with van der Waals surface area (Å²) in [6.45, 7) is 3.95. The fraction of sp³-hybridized carbons (Fsp3) is 0.444. The van der Waals surface area contributed by atoms with Gasteiger partial charge in [-0.25, -0.2) is 0 Å². The molecule has 1 heterocycles. The third-order valence-corrected chi connectivity index (χ3v) is 3.81. The van der Waals surface area contributed by atoms with Gasteiger partial charge in [0.15, 0.2) is 5.15 Å². The first-order valence-corrected chi connectivity index (χ1v) is 8.78. The number of benzene rings is 1. The summed E-state index contributed by atoms with van der Waals surface area (Å²) in [5.74, 6) is 0.352. The highest BCUT2D eigenvalue weighted by atomic mass is 35.5. The normalized spacial score (nSPS) is 13.2. The molecule has 1 aromatic heterocycles. The van der Waals surface area contributed by atoms with E-state index >= 15 is 0 Å². The van der Waals surface area contributed by atoms with Crippen LogP contribution in [0.15, 0.2) is 36.4 Å². The summed E-state index contributed by atoms with van der Waals surface area (Å²) in [6, 6.07) is 7.65. The number of hydrogen-bond acceptors (Lipinski definition) is 6. The summed E-state index contributed by atoms with van der Waals surface area (Å²) in [6.07, 6.45) is -5.37. The Morgan fingerprint density at radius 2 is 1.89 bits per heavy atom. The molecule has 0 saturated heterocycles. The van der Waals surface area contributed by atoms with Gasteiger partial charge in [0, 0.05) is 18.2 Å². The van der Waals surface area contributed by atoms with E-state index in [1.807, 2.05) is 13.8 Å². The van der Waals surface area contributed by atoms with Crippen LogP contribution in [0.3, 0.4) is 0 Å². The Labute approximate surface area is 165 Å². The number of hydrogen-bond donors (Lipinski definition) is 2. The lowest BCUT2D eigenvalue weighted by atomic mass is 10.1.